The summed E-state index contributed by atoms with van der Waals surface area (Å²) in [6, 6.07) is 5.50. The van der Waals surface area contributed by atoms with Crippen LogP contribution in [0.25, 0.3) is 11.4 Å². The summed E-state index contributed by atoms with van der Waals surface area (Å²) >= 11 is 0. The van der Waals surface area contributed by atoms with Crippen molar-refractivity contribution in [1.82, 2.24) is 10.1 Å². The molecular formula is C9H9N3O. The Balaban J connectivity index is 2.52. The number of nitrogens with two attached hydrogens (primary N) is 1. The number of anilines is 1. The van der Waals surface area contributed by atoms with Gasteiger partial charge in [0, 0.05) is 12.3 Å². The lowest BCUT2D eigenvalue weighted by atomic mass is 10.2. The maximum Gasteiger partial charge on any atom is 0.222 e. The van der Waals surface area contributed by atoms with Gasteiger partial charge in [0.2, 0.25) is 5.88 Å². The Hall–Kier alpha value is -1.84. The predicted octanol–water partition coefficient (Wildman–Crippen LogP) is 1.63. The SMILES string of the molecule is Cc1cccnc1-c1cc(N)on1. The molecule has 2 aromatic heterocycles. The largest absolute Gasteiger partial charge is 0.368 e. The molecule has 0 atom stereocenters. The molecule has 0 aliphatic carbocycles. The van der Waals surface area contributed by atoms with Gasteiger partial charge in [-0.05, 0) is 18.6 Å². The molecule has 0 amide bonds. The number of aromatic nitrogens is 2. The van der Waals surface area contributed by atoms with Crippen LogP contribution < -0.4 is 5.73 Å². The highest BCUT2D eigenvalue weighted by atomic mass is 16.5. The van der Waals surface area contributed by atoms with E-state index in [1.165, 1.54) is 0 Å². The molecule has 0 bridgehead atoms. The summed E-state index contributed by atoms with van der Waals surface area (Å²) in [5, 5.41) is 3.78. The maximum absolute atomic E-state index is 5.41. The highest BCUT2D eigenvalue weighted by Gasteiger charge is 2.07. The Kier molecular flexibility index (Phi) is 1.73. The minimum atomic E-state index is 0.306. The molecule has 4 heteroatoms. The van der Waals surface area contributed by atoms with Gasteiger partial charge < -0.3 is 10.3 Å². The fraction of sp³-hybridized carbons (Fsp3) is 0.111. The molecule has 2 rings (SSSR count). The van der Waals surface area contributed by atoms with Crippen LogP contribution in [0.3, 0.4) is 0 Å². The summed E-state index contributed by atoms with van der Waals surface area (Å²) in [6.45, 7) is 1.97. The Bertz CT molecular complexity index is 422. The van der Waals surface area contributed by atoms with Crippen molar-refractivity contribution in [2.24, 2.45) is 0 Å². The Morgan fingerprint density at radius 3 is 2.92 bits per heavy atom. The van der Waals surface area contributed by atoms with Gasteiger partial charge in [-0.3, -0.25) is 4.98 Å². The van der Waals surface area contributed by atoms with Gasteiger partial charge >= 0.3 is 0 Å². The smallest absolute Gasteiger partial charge is 0.222 e. The summed E-state index contributed by atoms with van der Waals surface area (Å²) in [5.41, 5.74) is 7.95. The molecule has 2 N–H and O–H groups in total. The number of hydrogen-bond acceptors (Lipinski definition) is 4. The van der Waals surface area contributed by atoms with Crippen molar-refractivity contribution in [2.75, 3.05) is 5.73 Å². The first-order chi connectivity index (χ1) is 6.27. The fourth-order valence-electron chi connectivity index (χ4n) is 1.15. The second kappa shape index (κ2) is 2.90. The standard InChI is InChI=1S/C9H9N3O/c1-6-3-2-4-11-9(6)7-5-8(10)13-12-7/h2-5H,10H2,1H3. The second-order valence-corrected chi connectivity index (χ2v) is 2.78. The van der Waals surface area contributed by atoms with Crippen molar-refractivity contribution >= 4 is 5.88 Å². The Labute approximate surface area is 75.4 Å². The van der Waals surface area contributed by atoms with E-state index in [1.54, 1.807) is 12.3 Å². The van der Waals surface area contributed by atoms with Crippen molar-refractivity contribution in [2.45, 2.75) is 6.92 Å². The average Bonchev–Trinajstić information content (AvgIpc) is 2.53. The predicted molar refractivity (Wildman–Crippen MR) is 48.9 cm³/mol. The van der Waals surface area contributed by atoms with Crippen LogP contribution in [0.2, 0.25) is 0 Å². The third-order valence-electron chi connectivity index (χ3n) is 1.78. The number of hydrogen-bond donors (Lipinski definition) is 1. The van der Waals surface area contributed by atoms with Gasteiger partial charge in [-0.15, -0.1) is 0 Å². The van der Waals surface area contributed by atoms with Crippen LogP contribution in [0.5, 0.6) is 0 Å². The van der Waals surface area contributed by atoms with E-state index in [1.807, 2.05) is 19.1 Å². The van der Waals surface area contributed by atoms with Crippen LogP contribution >= 0.6 is 0 Å². The van der Waals surface area contributed by atoms with Crippen LogP contribution in [0.4, 0.5) is 5.88 Å². The van der Waals surface area contributed by atoms with Crippen molar-refractivity contribution in [3.05, 3.63) is 30.0 Å². The van der Waals surface area contributed by atoms with E-state index in [0.29, 0.717) is 11.6 Å². The summed E-state index contributed by atoms with van der Waals surface area (Å²) < 4.78 is 4.76. The molecule has 0 aromatic carbocycles. The maximum atomic E-state index is 5.41. The molecule has 0 aliphatic rings. The lowest BCUT2D eigenvalue weighted by Gasteiger charge is -1.97. The van der Waals surface area contributed by atoms with E-state index in [2.05, 4.69) is 10.1 Å². The van der Waals surface area contributed by atoms with Gasteiger partial charge in [0.25, 0.3) is 0 Å². The molecule has 13 heavy (non-hydrogen) atoms. The summed E-state index contributed by atoms with van der Waals surface area (Å²) in [4.78, 5) is 4.18. The van der Waals surface area contributed by atoms with Crippen LogP contribution in [-0.2, 0) is 0 Å². The normalized spacial score (nSPS) is 10.2. The molecule has 0 radical (unpaired) electrons. The highest BCUT2D eigenvalue weighted by molar-refractivity contribution is 5.60. The fourth-order valence-corrected chi connectivity index (χ4v) is 1.15. The van der Waals surface area contributed by atoms with E-state index < -0.39 is 0 Å². The van der Waals surface area contributed by atoms with Crippen molar-refractivity contribution < 1.29 is 4.52 Å². The highest BCUT2D eigenvalue weighted by Crippen LogP contribution is 2.20. The molecule has 66 valence electrons. The monoisotopic (exact) mass is 175 g/mol. The van der Waals surface area contributed by atoms with Gasteiger partial charge in [0.15, 0.2) is 0 Å². The minimum absolute atomic E-state index is 0.306. The molecule has 2 heterocycles. The summed E-state index contributed by atoms with van der Waals surface area (Å²) in [5.74, 6) is 0.306. The Morgan fingerprint density at radius 1 is 1.46 bits per heavy atom. The van der Waals surface area contributed by atoms with Crippen LogP contribution in [-0.4, -0.2) is 10.1 Å². The van der Waals surface area contributed by atoms with E-state index in [9.17, 15) is 0 Å². The van der Waals surface area contributed by atoms with E-state index in [0.717, 1.165) is 11.3 Å². The first kappa shape index (κ1) is 7.79. The number of nitrogens with zero attached hydrogens (tertiary/aromatic N) is 2. The summed E-state index contributed by atoms with van der Waals surface area (Å²) in [6.07, 6.45) is 1.72. The zero-order valence-corrected chi connectivity index (χ0v) is 7.19. The van der Waals surface area contributed by atoms with Crippen LogP contribution in [0.15, 0.2) is 28.9 Å². The third-order valence-corrected chi connectivity index (χ3v) is 1.78. The van der Waals surface area contributed by atoms with Gasteiger partial charge in [-0.25, -0.2) is 0 Å². The average molecular weight is 175 g/mol. The second-order valence-electron chi connectivity index (χ2n) is 2.78. The van der Waals surface area contributed by atoms with Crippen molar-refractivity contribution in [1.29, 1.82) is 0 Å². The molecular weight excluding hydrogens is 166 g/mol. The zero-order valence-electron chi connectivity index (χ0n) is 7.19. The molecule has 0 saturated heterocycles. The van der Waals surface area contributed by atoms with Crippen molar-refractivity contribution in [3.63, 3.8) is 0 Å². The lowest BCUT2D eigenvalue weighted by Crippen LogP contribution is -1.86. The topological polar surface area (TPSA) is 64.9 Å². The first-order valence-electron chi connectivity index (χ1n) is 3.91. The van der Waals surface area contributed by atoms with Gasteiger partial charge in [-0.1, -0.05) is 11.2 Å². The molecule has 0 aliphatic heterocycles. The molecule has 2 aromatic rings. The number of aryl methyl sites for hydroxylation is 1. The van der Waals surface area contributed by atoms with E-state index >= 15 is 0 Å². The van der Waals surface area contributed by atoms with Gasteiger partial charge in [0.1, 0.15) is 5.69 Å². The van der Waals surface area contributed by atoms with Gasteiger partial charge in [-0.2, -0.15) is 0 Å². The molecule has 0 saturated carbocycles. The third kappa shape index (κ3) is 1.38. The quantitative estimate of drug-likeness (QED) is 0.715. The minimum Gasteiger partial charge on any atom is -0.368 e. The molecule has 0 unspecified atom stereocenters. The number of rotatable bonds is 1. The van der Waals surface area contributed by atoms with E-state index in [4.69, 9.17) is 10.3 Å². The first-order valence-corrected chi connectivity index (χ1v) is 3.91. The molecule has 0 fully saturated rings. The lowest BCUT2D eigenvalue weighted by molar-refractivity contribution is 0.439. The molecule has 0 spiro atoms. The van der Waals surface area contributed by atoms with Crippen LogP contribution in [0.1, 0.15) is 5.56 Å². The van der Waals surface area contributed by atoms with Crippen LogP contribution in [0, 0.1) is 6.92 Å². The number of pyridine rings is 1. The zero-order chi connectivity index (χ0) is 9.26. The van der Waals surface area contributed by atoms with Crippen molar-refractivity contribution in [3.8, 4) is 11.4 Å². The Morgan fingerprint density at radius 2 is 2.31 bits per heavy atom. The van der Waals surface area contributed by atoms with Gasteiger partial charge in [0.05, 0.1) is 5.69 Å². The number of nitrogen functional groups attached to an aromatic ring is 1. The summed E-state index contributed by atoms with van der Waals surface area (Å²) in [7, 11) is 0. The van der Waals surface area contributed by atoms with E-state index in [-0.39, 0.29) is 0 Å². The molecule has 4 nitrogen and oxygen atoms in total.